The van der Waals surface area contributed by atoms with Crippen LogP contribution in [0.5, 0.6) is 0 Å². The molecule has 0 unspecified atom stereocenters. The quantitative estimate of drug-likeness (QED) is 0.0295. The molecule has 0 N–H and O–H groups in total. The number of carbonyl (C=O) groups excluding carboxylic acids is 4. The molecule has 0 aliphatic carbocycles. The molecule has 0 amide bonds. The molecular weight excluding hydrogens is 972 g/mol. The summed E-state index contributed by atoms with van der Waals surface area (Å²) in [6.07, 6.45) is 0. The number of rotatable bonds is 32. The summed E-state index contributed by atoms with van der Waals surface area (Å²) >= 11 is 13.0. The largest absolute Gasteiger partial charge is 0.462 e. The van der Waals surface area contributed by atoms with E-state index in [1.54, 1.807) is 55.4 Å². The van der Waals surface area contributed by atoms with Gasteiger partial charge in [0.1, 0.15) is 70.9 Å². The Hall–Kier alpha value is -0.520. The van der Waals surface area contributed by atoms with Gasteiger partial charge in [0, 0.05) is 0 Å². The number of alkyl halides is 4. The van der Waals surface area contributed by atoms with E-state index in [0.29, 0.717) is 0 Å². The van der Waals surface area contributed by atoms with Gasteiger partial charge < -0.3 is 56.8 Å². The van der Waals surface area contributed by atoms with Gasteiger partial charge >= 0.3 is 23.9 Å². The van der Waals surface area contributed by atoms with Gasteiger partial charge in [-0.3, -0.25) is 19.2 Å². The molecule has 0 atom stereocenters. The van der Waals surface area contributed by atoms with Crippen molar-refractivity contribution in [2.24, 2.45) is 5.41 Å². The number of hydrogen-bond donors (Lipinski definition) is 0. The molecule has 0 spiro atoms. The zero-order chi connectivity index (χ0) is 40.6. The fraction of sp³-hybridized carbons (Fsp3) is 0.879. The summed E-state index contributed by atoms with van der Waals surface area (Å²) in [5, 5.41) is 0. The molecule has 0 aromatic heterocycles. The van der Waals surface area contributed by atoms with Gasteiger partial charge in [0.05, 0.1) is 58.3 Å². The van der Waals surface area contributed by atoms with E-state index in [-0.39, 0.29) is 106 Å². The zero-order valence-corrected chi connectivity index (χ0v) is 38.2. The highest BCUT2D eigenvalue weighted by Gasteiger charge is 2.33. The van der Waals surface area contributed by atoms with Crippen molar-refractivity contribution < 1.29 is 76.0 Å². The average Bonchev–Trinajstić information content (AvgIpc) is 3.04. The summed E-state index contributed by atoms with van der Waals surface area (Å²) < 4.78 is 62.6. The molecule has 0 aromatic carbocycles. The van der Waals surface area contributed by atoms with Crippen LogP contribution in [0.25, 0.3) is 0 Å². The van der Waals surface area contributed by atoms with Crippen molar-refractivity contribution in [3.05, 3.63) is 0 Å². The molecule has 0 saturated carbocycles. The van der Waals surface area contributed by atoms with Crippen LogP contribution < -0.4 is 0 Å². The second kappa shape index (κ2) is 27.2. The molecule has 0 aliphatic rings. The Bertz CT molecular complexity index is 886. The minimum atomic E-state index is -0.961. The van der Waals surface area contributed by atoms with Crippen LogP contribution in [0.2, 0.25) is 0 Å². The zero-order valence-electron chi connectivity index (χ0n) is 31.9. The van der Waals surface area contributed by atoms with E-state index < -0.39 is 46.6 Å². The van der Waals surface area contributed by atoms with E-state index in [0.717, 1.165) is 0 Å². The molecular formula is C33H56Br4O16. The number of esters is 4. The van der Waals surface area contributed by atoms with Crippen molar-refractivity contribution in [2.45, 2.75) is 72.7 Å². The molecule has 0 bridgehead atoms. The SMILES string of the molecule is CC(C)(Br)C(=O)OCCOCOCC(COCOCCOC(=O)C(C)(C)Br)(COCOCCOC(=O)C(C)(C)Br)COCOCCOC(=O)C(C)(C)Br. The smallest absolute Gasteiger partial charge is 0.322 e. The molecule has 0 saturated heterocycles. The van der Waals surface area contributed by atoms with Gasteiger partial charge in [-0.05, 0) is 55.4 Å². The predicted molar refractivity (Wildman–Crippen MR) is 205 cm³/mol. The van der Waals surface area contributed by atoms with E-state index in [4.69, 9.17) is 56.8 Å². The van der Waals surface area contributed by atoms with Gasteiger partial charge in [-0.25, -0.2) is 0 Å². The molecule has 0 heterocycles. The first-order chi connectivity index (χ1) is 24.5. The number of ether oxygens (including phenoxy) is 12. The Morgan fingerprint density at radius 2 is 0.528 bits per heavy atom. The molecule has 0 aromatic rings. The third kappa shape index (κ3) is 27.7. The van der Waals surface area contributed by atoms with Crippen LogP contribution in [0.4, 0.5) is 0 Å². The maximum atomic E-state index is 11.9. The van der Waals surface area contributed by atoms with Crippen LogP contribution in [-0.4, -0.2) is 148 Å². The lowest BCUT2D eigenvalue weighted by Crippen LogP contribution is -2.42. The highest BCUT2D eigenvalue weighted by atomic mass is 79.9. The number of carbonyl (C=O) groups is 4. The van der Waals surface area contributed by atoms with E-state index >= 15 is 0 Å². The van der Waals surface area contributed by atoms with E-state index in [1.165, 1.54) is 0 Å². The van der Waals surface area contributed by atoms with Crippen LogP contribution in [-0.2, 0) is 76.0 Å². The summed E-state index contributed by atoms with van der Waals surface area (Å²) in [7, 11) is 0. The van der Waals surface area contributed by atoms with E-state index in [9.17, 15) is 19.2 Å². The topological polar surface area (TPSA) is 179 Å². The lowest BCUT2D eigenvalue weighted by molar-refractivity contribution is -0.188. The summed E-state index contributed by atoms with van der Waals surface area (Å²) in [5.41, 5.74) is -0.961. The maximum absolute atomic E-state index is 11.9. The molecule has 0 fully saturated rings. The van der Waals surface area contributed by atoms with Crippen molar-refractivity contribution in [1.29, 1.82) is 0 Å². The van der Waals surface area contributed by atoms with Gasteiger partial charge in [-0.2, -0.15) is 0 Å². The predicted octanol–water partition coefficient (Wildman–Crippen LogP) is 4.80. The first-order valence-electron chi connectivity index (χ1n) is 16.6. The van der Waals surface area contributed by atoms with Crippen molar-refractivity contribution in [2.75, 3.05) is 106 Å². The van der Waals surface area contributed by atoms with Crippen molar-refractivity contribution in [3.63, 3.8) is 0 Å². The van der Waals surface area contributed by atoms with E-state index in [2.05, 4.69) is 63.7 Å². The highest BCUT2D eigenvalue weighted by Crippen LogP contribution is 2.22. The summed E-state index contributed by atoms with van der Waals surface area (Å²) in [6, 6.07) is 0. The van der Waals surface area contributed by atoms with Gasteiger partial charge in [-0.15, -0.1) is 0 Å². The Kier molecular flexibility index (Phi) is 26.9. The van der Waals surface area contributed by atoms with Crippen LogP contribution in [0.3, 0.4) is 0 Å². The Morgan fingerprint density at radius 3 is 0.698 bits per heavy atom. The fourth-order valence-electron chi connectivity index (χ4n) is 3.21. The summed E-state index contributed by atoms with van der Waals surface area (Å²) in [5.74, 6) is -1.72. The van der Waals surface area contributed by atoms with Crippen molar-refractivity contribution >= 4 is 87.6 Å². The first-order valence-corrected chi connectivity index (χ1v) is 19.7. The highest BCUT2D eigenvalue weighted by molar-refractivity contribution is 9.10. The first kappa shape index (κ1) is 52.5. The molecule has 53 heavy (non-hydrogen) atoms. The lowest BCUT2D eigenvalue weighted by Gasteiger charge is -2.32. The third-order valence-corrected chi connectivity index (χ3v) is 7.38. The molecule has 312 valence electrons. The lowest BCUT2D eigenvalue weighted by atomic mass is 9.92. The Morgan fingerprint density at radius 1 is 0.340 bits per heavy atom. The van der Waals surface area contributed by atoms with Crippen molar-refractivity contribution in [1.82, 2.24) is 0 Å². The Labute approximate surface area is 346 Å². The third-order valence-electron chi connectivity index (χ3n) is 6.08. The van der Waals surface area contributed by atoms with Gasteiger partial charge in [0.15, 0.2) is 0 Å². The van der Waals surface area contributed by atoms with Gasteiger partial charge in [-0.1, -0.05) is 63.7 Å². The maximum Gasteiger partial charge on any atom is 0.322 e. The fourth-order valence-corrected chi connectivity index (χ4v) is 3.67. The number of hydrogen-bond acceptors (Lipinski definition) is 16. The second-order valence-corrected chi connectivity index (χ2v) is 21.4. The normalized spacial score (nSPS) is 12.8. The standard InChI is InChI=1S/C33H56Br4O16/c1-29(2,34)25(38)50-13-9-42-21-46-17-33(18-47-22-43-10-14-51-26(39)30(3,4)35,19-48-23-44-11-15-52-27(40)31(5,6)36)20-49-24-45-12-16-53-28(41)32(7,8)37/h9-24H2,1-8H3. The molecule has 0 rings (SSSR count). The minimum Gasteiger partial charge on any atom is -0.462 e. The van der Waals surface area contributed by atoms with Crippen LogP contribution >= 0.6 is 63.7 Å². The van der Waals surface area contributed by atoms with Gasteiger partial charge in [0.2, 0.25) is 0 Å². The summed E-state index contributed by atoms with van der Waals surface area (Å²) in [6.45, 7) is 13.3. The van der Waals surface area contributed by atoms with Crippen LogP contribution in [0, 0.1) is 5.41 Å². The monoisotopic (exact) mass is 1020 g/mol. The molecule has 20 heteroatoms. The van der Waals surface area contributed by atoms with Crippen molar-refractivity contribution in [3.8, 4) is 0 Å². The van der Waals surface area contributed by atoms with E-state index in [1.807, 2.05) is 0 Å². The molecule has 0 aliphatic heterocycles. The average molecular weight is 1030 g/mol. The number of halogens is 4. The minimum absolute atomic E-state index is 0.00898. The molecule has 16 nitrogen and oxygen atoms in total. The second-order valence-electron chi connectivity index (χ2n) is 13.4. The van der Waals surface area contributed by atoms with Crippen LogP contribution in [0.1, 0.15) is 55.4 Å². The molecule has 0 radical (unpaired) electrons. The Balaban J connectivity index is 5.32. The van der Waals surface area contributed by atoms with Crippen LogP contribution in [0.15, 0.2) is 0 Å². The van der Waals surface area contributed by atoms with Gasteiger partial charge in [0.25, 0.3) is 0 Å². The summed E-state index contributed by atoms with van der Waals surface area (Å²) in [4.78, 5) is 47.8.